The summed E-state index contributed by atoms with van der Waals surface area (Å²) in [7, 11) is 0. The highest BCUT2D eigenvalue weighted by Gasteiger charge is 2.54. The number of ketones is 2. The van der Waals surface area contributed by atoms with Gasteiger partial charge in [0.2, 0.25) is 5.78 Å². The minimum atomic E-state index is -0.0736. The van der Waals surface area contributed by atoms with Crippen molar-refractivity contribution in [3.8, 4) is 0 Å². The van der Waals surface area contributed by atoms with Gasteiger partial charge in [-0.1, -0.05) is 63.3 Å². The van der Waals surface area contributed by atoms with E-state index in [-0.39, 0.29) is 22.4 Å². The highest BCUT2D eigenvalue weighted by atomic mass is 16.1. The molecular formula is C29H37NO2. The van der Waals surface area contributed by atoms with Gasteiger partial charge in [0.1, 0.15) is 0 Å². The van der Waals surface area contributed by atoms with E-state index >= 15 is 0 Å². The summed E-state index contributed by atoms with van der Waals surface area (Å²) in [5.74, 6) is 0.945. The van der Waals surface area contributed by atoms with E-state index in [2.05, 4.69) is 44.8 Å². The minimum absolute atomic E-state index is 0.00418. The van der Waals surface area contributed by atoms with Crippen LogP contribution in [0.15, 0.2) is 65.9 Å². The molecule has 1 aromatic rings. The number of benzene rings is 1. The fourth-order valence-corrected chi connectivity index (χ4v) is 6.54. The predicted molar refractivity (Wildman–Crippen MR) is 130 cm³/mol. The molecule has 0 saturated heterocycles. The van der Waals surface area contributed by atoms with Crippen molar-refractivity contribution >= 4 is 11.6 Å². The van der Waals surface area contributed by atoms with Gasteiger partial charge in [0, 0.05) is 18.2 Å². The molecule has 3 aliphatic carbocycles. The first-order valence-corrected chi connectivity index (χ1v) is 12.2. The molecule has 0 bridgehead atoms. The fraction of sp³-hybridized carbons (Fsp3) is 0.517. The summed E-state index contributed by atoms with van der Waals surface area (Å²) in [6.07, 6.45) is 10.5. The van der Waals surface area contributed by atoms with Gasteiger partial charge in [-0.05, 0) is 79.3 Å². The van der Waals surface area contributed by atoms with E-state index in [0.717, 1.165) is 19.3 Å². The summed E-state index contributed by atoms with van der Waals surface area (Å²) in [6.45, 7) is 12.2. The number of carbonyl (C=O) groups excluding carboxylic acids is 2. The zero-order chi connectivity index (χ0) is 22.9. The van der Waals surface area contributed by atoms with Crippen LogP contribution in [0.3, 0.4) is 0 Å². The second kappa shape index (κ2) is 8.84. The Hall–Kier alpha value is -2.42. The van der Waals surface area contributed by atoms with Crippen molar-refractivity contribution in [3.05, 3.63) is 71.5 Å². The molecule has 4 rings (SSSR count). The second-order valence-corrected chi connectivity index (χ2v) is 10.7. The Morgan fingerprint density at radius 2 is 1.81 bits per heavy atom. The van der Waals surface area contributed by atoms with E-state index < -0.39 is 0 Å². The van der Waals surface area contributed by atoms with Crippen molar-refractivity contribution in [2.75, 3.05) is 6.54 Å². The van der Waals surface area contributed by atoms with Gasteiger partial charge in [0.15, 0.2) is 5.78 Å². The highest BCUT2D eigenvalue weighted by Crippen LogP contribution is 2.63. The molecule has 3 heteroatoms. The Labute approximate surface area is 193 Å². The fourth-order valence-electron chi connectivity index (χ4n) is 6.54. The molecule has 170 valence electrons. The van der Waals surface area contributed by atoms with E-state index in [1.807, 2.05) is 18.2 Å². The van der Waals surface area contributed by atoms with Crippen LogP contribution in [0.1, 0.15) is 64.9 Å². The lowest BCUT2D eigenvalue weighted by Gasteiger charge is -2.59. The van der Waals surface area contributed by atoms with Gasteiger partial charge in [-0.2, -0.15) is 0 Å². The first-order chi connectivity index (χ1) is 15.2. The largest absolute Gasteiger partial charge is 0.381 e. The maximum atomic E-state index is 13.1. The molecule has 3 nitrogen and oxygen atoms in total. The summed E-state index contributed by atoms with van der Waals surface area (Å²) >= 11 is 0. The minimum Gasteiger partial charge on any atom is -0.381 e. The number of allylic oxidation sites excluding steroid dienone is 4. The van der Waals surface area contributed by atoms with Crippen molar-refractivity contribution in [1.29, 1.82) is 0 Å². The molecule has 0 radical (unpaired) electrons. The zero-order valence-corrected chi connectivity index (χ0v) is 19.9. The molecule has 0 aliphatic heterocycles. The summed E-state index contributed by atoms with van der Waals surface area (Å²) < 4.78 is 0. The SMILES string of the molecule is C=C1CCCC2C1(C)CCC(C)C2(C)CC1=CC(=O)C(NCCc2ccccc2)=CC1=O. The third-order valence-corrected chi connectivity index (χ3v) is 8.87. The summed E-state index contributed by atoms with van der Waals surface area (Å²) in [6, 6.07) is 10.2. The van der Waals surface area contributed by atoms with E-state index in [1.165, 1.54) is 36.5 Å². The number of nitrogens with one attached hydrogen (secondary N) is 1. The molecular weight excluding hydrogens is 394 g/mol. The quantitative estimate of drug-likeness (QED) is 0.446. The molecule has 0 heterocycles. The molecule has 2 saturated carbocycles. The maximum Gasteiger partial charge on any atom is 0.202 e. The van der Waals surface area contributed by atoms with Crippen molar-refractivity contribution < 1.29 is 9.59 Å². The van der Waals surface area contributed by atoms with E-state index in [4.69, 9.17) is 0 Å². The second-order valence-electron chi connectivity index (χ2n) is 10.7. The van der Waals surface area contributed by atoms with Crippen molar-refractivity contribution in [2.45, 2.75) is 65.7 Å². The Morgan fingerprint density at radius 1 is 1.06 bits per heavy atom. The third kappa shape index (κ3) is 4.14. The molecule has 2 fully saturated rings. The van der Waals surface area contributed by atoms with Crippen LogP contribution in [0.25, 0.3) is 0 Å². The topological polar surface area (TPSA) is 46.2 Å². The normalized spacial score (nSPS) is 32.8. The Morgan fingerprint density at radius 3 is 2.56 bits per heavy atom. The lowest BCUT2D eigenvalue weighted by Crippen LogP contribution is -2.50. The van der Waals surface area contributed by atoms with Crippen LogP contribution in [-0.2, 0) is 16.0 Å². The Balaban J connectivity index is 1.46. The van der Waals surface area contributed by atoms with Crippen LogP contribution in [0.5, 0.6) is 0 Å². The van der Waals surface area contributed by atoms with E-state index in [0.29, 0.717) is 36.1 Å². The van der Waals surface area contributed by atoms with E-state index in [1.54, 1.807) is 6.08 Å². The zero-order valence-electron chi connectivity index (χ0n) is 19.9. The highest BCUT2D eigenvalue weighted by molar-refractivity contribution is 6.19. The van der Waals surface area contributed by atoms with Crippen molar-refractivity contribution in [3.63, 3.8) is 0 Å². The lowest BCUT2D eigenvalue weighted by molar-refractivity contribution is -0.116. The molecule has 4 atom stereocenters. The van der Waals surface area contributed by atoms with Crippen LogP contribution < -0.4 is 5.32 Å². The summed E-state index contributed by atoms with van der Waals surface area (Å²) in [5.41, 5.74) is 3.86. The number of hydrogen-bond donors (Lipinski definition) is 1. The number of hydrogen-bond acceptors (Lipinski definition) is 3. The molecule has 0 amide bonds. The van der Waals surface area contributed by atoms with Gasteiger partial charge in [-0.15, -0.1) is 0 Å². The van der Waals surface area contributed by atoms with Crippen molar-refractivity contribution in [2.24, 2.45) is 22.7 Å². The molecule has 0 spiro atoms. The van der Waals surface area contributed by atoms with Crippen LogP contribution in [-0.4, -0.2) is 18.1 Å². The summed E-state index contributed by atoms with van der Waals surface area (Å²) in [5, 5.41) is 3.18. The van der Waals surface area contributed by atoms with Gasteiger partial charge in [0.05, 0.1) is 5.70 Å². The van der Waals surface area contributed by atoms with Gasteiger partial charge >= 0.3 is 0 Å². The first-order valence-electron chi connectivity index (χ1n) is 12.2. The molecule has 32 heavy (non-hydrogen) atoms. The summed E-state index contributed by atoms with van der Waals surface area (Å²) in [4.78, 5) is 25.9. The third-order valence-electron chi connectivity index (χ3n) is 8.87. The molecule has 0 aromatic heterocycles. The monoisotopic (exact) mass is 431 g/mol. The smallest absolute Gasteiger partial charge is 0.202 e. The van der Waals surface area contributed by atoms with Crippen LogP contribution in [0, 0.1) is 22.7 Å². The molecule has 4 unspecified atom stereocenters. The lowest BCUT2D eigenvalue weighted by atomic mass is 9.46. The first kappa shape index (κ1) is 22.8. The van der Waals surface area contributed by atoms with Gasteiger partial charge < -0.3 is 5.32 Å². The molecule has 1 N–H and O–H groups in total. The average Bonchev–Trinajstić information content (AvgIpc) is 2.77. The van der Waals surface area contributed by atoms with E-state index in [9.17, 15) is 9.59 Å². The standard InChI is InChI=1S/C29H37NO2/c1-20-9-8-12-27-28(20,3)15-13-21(2)29(27,4)19-23-17-26(32)24(18-25(23)31)30-16-14-22-10-6-5-7-11-22/h5-7,10-11,17-18,21,27,30H,1,8-9,12-16,19H2,2-4H3. The molecule has 3 aliphatic rings. The van der Waals surface area contributed by atoms with Gasteiger partial charge in [-0.3, -0.25) is 9.59 Å². The number of fused-ring (bicyclic) bond motifs is 1. The maximum absolute atomic E-state index is 13.1. The number of rotatable bonds is 6. The van der Waals surface area contributed by atoms with Crippen LogP contribution in [0.2, 0.25) is 0 Å². The number of carbonyl (C=O) groups is 2. The average molecular weight is 432 g/mol. The Kier molecular flexibility index (Phi) is 6.29. The van der Waals surface area contributed by atoms with Gasteiger partial charge in [0.25, 0.3) is 0 Å². The van der Waals surface area contributed by atoms with Gasteiger partial charge in [-0.25, -0.2) is 0 Å². The van der Waals surface area contributed by atoms with Crippen molar-refractivity contribution in [1.82, 2.24) is 5.32 Å². The van der Waals surface area contributed by atoms with Crippen LogP contribution >= 0.6 is 0 Å². The van der Waals surface area contributed by atoms with Crippen LogP contribution in [0.4, 0.5) is 0 Å². The predicted octanol–water partition coefficient (Wildman–Crippen LogP) is 5.97. The molecule has 1 aromatic carbocycles. The Bertz CT molecular complexity index is 972.